The zero-order valence-corrected chi connectivity index (χ0v) is 15.7. The molecule has 2 rings (SSSR count). The van der Waals surface area contributed by atoms with Gasteiger partial charge in [0.15, 0.2) is 0 Å². The Hall–Kier alpha value is 0.570. The maximum Gasteiger partial charge on any atom is 0.244 e. The van der Waals surface area contributed by atoms with Crippen molar-refractivity contribution in [1.82, 2.24) is 4.31 Å². The summed E-state index contributed by atoms with van der Waals surface area (Å²) in [5, 5.41) is 0.678. The number of sulfonamides is 1. The molecule has 0 aliphatic carbocycles. The van der Waals surface area contributed by atoms with Gasteiger partial charge >= 0.3 is 0 Å². The standard InChI is InChI=1S/C12H14Br3NO2S/c13-8-10-3-1-2-6-16(10)19(17,18)12-7-9(14)4-5-11(12)15/h4-5,7,10H,1-3,6,8H2. The second-order valence-corrected chi connectivity index (χ2v) is 8.77. The number of piperidine rings is 1. The maximum atomic E-state index is 12.8. The number of hydrogen-bond acceptors (Lipinski definition) is 2. The molecule has 0 spiro atoms. The highest BCUT2D eigenvalue weighted by molar-refractivity contribution is 9.11. The van der Waals surface area contributed by atoms with Crippen molar-refractivity contribution in [2.45, 2.75) is 30.2 Å². The van der Waals surface area contributed by atoms with E-state index in [2.05, 4.69) is 47.8 Å². The number of nitrogens with zero attached hydrogens (tertiary/aromatic N) is 1. The van der Waals surface area contributed by atoms with Crippen LogP contribution in [0.1, 0.15) is 19.3 Å². The Bertz CT molecular complexity index is 562. The molecule has 1 aliphatic heterocycles. The zero-order chi connectivity index (χ0) is 14.0. The lowest BCUT2D eigenvalue weighted by Crippen LogP contribution is -2.44. The lowest BCUT2D eigenvalue weighted by Gasteiger charge is -2.33. The van der Waals surface area contributed by atoms with Crippen molar-refractivity contribution in [3.8, 4) is 0 Å². The SMILES string of the molecule is O=S(=O)(c1cc(Br)ccc1Br)N1CCCCC1CBr. The molecular formula is C12H14Br3NO2S. The summed E-state index contributed by atoms with van der Waals surface area (Å²) >= 11 is 10.1. The first kappa shape index (κ1) is 15.9. The van der Waals surface area contributed by atoms with Gasteiger partial charge in [-0.25, -0.2) is 8.42 Å². The predicted octanol–water partition coefficient (Wildman–Crippen LogP) is 4.15. The van der Waals surface area contributed by atoms with Gasteiger partial charge in [0.05, 0.1) is 4.90 Å². The number of alkyl halides is 1. The van der Waals surface area contributed by atoms with Crippen LogP contribution in [-0.4, -0.2) is 30.6 Å². The third-order valence-corrected chi connectivity index (χ3v) is 7.42. The molecule has 0 saturated carbocycles. The van der Waals surface area contributed by atoms with Crippen molar-refractivity contribution >= 4 is 57.8 Å². The highest BCUT2D eigenvalue weighted by Gasteiger charge is 2.34. The number of hydrogen-bond donors (Lipinski definition) is 0. The summed E-state index contributed by atoms with van der Waals surface area (Å²) < 4.78 is 28.6. The van der Waals surface area contributed by atoms with Gasteiger partial charge in [-0.2, -0.15) is 4.31 Å². The molecule has 1 heterocycles. The molecule has 1 unspecified atom stereocenters. The third-order valence-electron chi connectivity index (χ3n) is 3.23. The lowest BCUT2D eigenvalue weighted by molar-refractivity contribution is 0.273. The summed E-state index contributed by atoms with van der Waals surface area (Å²) in [4.78, 5) is 0.328. The molecule has 0 amide bonds. The minimum Gasteiger partial charge on any atom is -0.207 e. The predicted molar refractivity (Wildman–Crippen MR) is 87.2 cm³/mol. The van der Waals surface area contributed by atoms with Crippen molar-refractivity contribution in [3.63, 3.8) is 0 Å². The second-order valence-electron chi connectivity index (χ2n) is 4.49. The van der Waals surface area contributed by atoms with Gasteiger partial charge in [0.2, 0.25) is 10.0 Å². The first-order chi connectivity index (χ1) is 8.96. The number of benzene rings is 1. The van der Waals surface area contributed by atoms with Gasteiger partial charge < -0.3 is 0 Å². The molecule has 1 saturated heterocycles. The lowest BCUT2D eigenvalue weighted by atomic mass is 10.1. The van der Waals surface area contributed by atoms with Gasteiger partial charge in [-0.3, -0.25) is 0 Å². The van der Waals surface area contributed by atoms with Crippen LogP contribution in [0.15, 0.2) is 32.0 Å². The largest absolute Gasteiger partial charge is 0.244 e. The van der Waals surface area contributed by atoms with Gasteiger partial charge in [-0.05, 0) is 47.0 Å². The summed E-state index contributed by atoms with van der Waals surface area (Å²) in [7, 11) is -3.45. The van der Waals surface area contributed by atoms with E-state index in [0.717, 1.165) is 23.7 Å². The monoisotopic (exact) mass is 473 g/mol. The Morgan fingerprint density at radius 1 is 1.26 bits per heavy atom. The molecule has 1 atom stereocenters. The van der Waals surface area contributed by atoms with E-state index in [0.29, 0.717) is 21.2 Å². The van der Waals surface area contributed by atoms with Crippen LogP contribution in [0.25, 0.3) is 0 Å². The zero-order valence-electron chi connectivity index (χ0n) is 10.2. The molecule has 1 fully saturated rings. The van der Waals surface area contributed by atoms with E-state index < -0.39 is 10.0 Å². The van der Waals surface area contributed by atoms with Gasteiger partial charge in [0, 0.05) is 26.9 Å². The minimum absolute atomic E-state index is 0.0460. The first-order valence-corrected chi connectivity index (χ1v) is 10.1. The average Bonchev–Trinajstić information content (AvgIpc) is 2.41. The molecule has 0 bridgehead atoms. The fourth-order valence-electron chi connectivity index (χ4n) is 2.25. The molecule has 1 aromatic carbocycles. The Labute approximate surface area is 139 Å². The highest BCUT2D eigenvalue weighted by atomic mass is 79.9. The summed E-state index contributed by atoms with van der Waals surface area (Å²) in [6, 6.07) is 5.27. The number of halogens is 3. The van der Waals surface area contributed by atoms with E-state index in [9.17, 15) is 8.42 Å². The van der Waals surface area contributed by atoms with Crippen LogP contribution in [0.3, 0.4) is 0 Å². The maximum absolute atomic E-state index is 12.8. The third kappa shape index (κ3) is 3.43. The van der Waals surface area contributed by atoms with Crippen molar-refractivity contribution in [2.75, 3.05) is 11.9 Å². The van der Waals surface area contributed by atoms with E-state index in [-0.39, 0.29) is 6.04 Å². The van der Waals surface area contributed by atoms with E-state index in [1.165, 1.54) is 0 Å². The topological polar surface area (TPSA) is 37.4 Å². The van der Waals surface area contributed by atoms with Gasteiger partial charge in [0.1, 0.15) is 0 Å². The van der Waals surface area contributed by atoms with E-state index in [1.807, 2.05) is 6.07 Å². The molecule has 19 heavy (non-hydrogen) atoms. The van der Waals surface area contributed by atoms with Crippen molar-refractivity contribution < 1.29 is 8.42 Å². The van der Waals surface area contributed by atoms with E-state index >= 15 is 0 Å². The molecule has 0 N–H and O–H groups in total. The molecular weight excluding hydrogens is 462 g/mol. The van der Waals surface area contributed by atoms with Crippen LogP contribution >= 0.6 is 47.8 Å². The van der Waals surface area contributed by atoms with Crippen molar-refractivity contribution in [2.24, 2.45) is 0 Å². The molecule has 0 radical (unpaired) electrons. The minimum atomic E-state index is -3.45. The van der Waals surface area contributed by atoms with E-state index in [1.54, 1.807) is 16.4 Å². The van der Waals surface area contributed by atoms with Crippen molar-refractivity contribution in [3.05, 3.63) is 27.1 Å². The van der Waals surface area contributed by atoms with Gasteiger partial charge in [-0.15, -0.1) is 0 Å². The van der Waals surface area contributed by atoms with Crippen molar-refractivity contribution in [1.29, 1.82) is 0 Å². The van der Waals surface area contributed by atoms with Gasteiger partial charge in [0.25, 0.3) is 0 Å². The van der Waals surface area contributed by atoms with Crippen LogP contribution in [0, 0.1) is 0 Å². The molecule has 7 heteroatoms. The Morgan fingerprint density at radius 2 is 2.00 bits per heavy atom. The Kier molecular flexibility index (Phi) is 5.50. The summed E-state index contributed by atoms with van der Waals surface area (Å²) in [6.07, 6.45) is 2.92. The summed E-state index contributed by atoms with van der Waals surface area (Å²) in [6.45, 7) is 0.595. The van der Waals surface area contributed by atoms with Crippen LogP contribution in [0.2, 0.25) is 0 Å². The first-order valence-electron chi connectivity index (χ1n) is 5.99. The van der Waals surface area contributed by atoms with Crippen LogP contribution in [-0.2, 0) is 10.0 Å². The molecule has 3 nitrogen and oxygen atoms in total. The van der Waals surface area contributed by atoms with E-state index in [4.69, 9.17) is 0 Å². The molecule has 1 aliphatic rings. The fraction of sp³-hybridized carbons (Fsp3) is 0.500. The average molecular weight is 476 g/mol. The summed E-state index contributed by atoms with van der Waals surface area (Å²) in [5.74, 6) is 0. The fourth-order valence-corrected chi connectivity index (χ4v) is 6.27. The van der Waals surface area contributed by atoms with Crippen LogP contribution in [0.5, 0.6) is 0 Å². The molecule has 1 aromatic rings. The molecule has 106 valence electrons. The second kappa shape index (κ2) is 6.56. The Balaban J connectivity index is 2.43. The Morgan fingerprint density at radius 3 is 2.68 bits per heavy atom. The van der Waals surface area contributed by atoms with Crippen LogP contribution < -0.4 is 0 Å². The van der Waals surface area contributed by atoms with Gasteiger partial charge in [-0.1, -0.05) is 38.3 Å². The smallest absolute Gasteiger partial charge is 0.207 e. The summed E-state index contributed by atoms with van der Waals surface area (Å²) in [5.41, 5.74) is 0. The molecule has 0 aromatic heterocycles. The highest BCUT2D eigenvalue weighted by Crippen LogP contribution is 2.32. The quantitative estimate of drug-likeness (QED) is 0.616. The van der Waals surface area contributed by atoms with Crippen LogP contribution in [0.4, 0.5) is 0 Å². The number of rotatable bonds is 3. The normalized spacial score (nSPS) is 21.5.